The van der Waals surface area contributed by atoms with E-state index in [1.807, 2.05) is 41.0 Å². The Labute approximate surface area is 228 Å². The molecule has 0 atom stereocenters. The molecule has 0 aliphatic carbocycles. The van der Waals surface area contributed by atoms with E-state index in [0.717, 1.165) is 60.8 Å². The minimum absolute atomic E-state index is 0.156. The summed E-state index contributed by atoms with van der Waals surface area (Å²) >= 11 is 0. The van der Waals surface area contributed by atoms with Crippen molar-refractivity contribution in [3.63, 3.8) is 0 Å². The second kappa shape index (κ2) is 8.22. The van der Waals surface area contributed by atoms with E-state index >= 15 is 0 Å². The van der Waals surface area contributed by atoms with Crippen LogP contribution in [-0.4, -0.2) is 9.13 Å². The number of benzene rings is 6. The van der Waals surface area contributed by atoms with Crippen molar-refractivity contribution in [1.29, 1.82) is 0 Å². The lowest BCUT2D eigenvalue weighted by atomic mass is 9.95. The molecular weight excluding hydrogens is 460 g/mol. The van der Waals surface area contributed by atoms with E-state index in [1.165, 1.54) is 0 Å². The highest BCUT2D eigenvalue weighted by Crippen LogP contribution is 2.45. The molecule has 8 rings (SSSR count). The number of hydrogen-bond acceptors (Lipinski definition) is 0. The van der Waals surface area contributed by atoms with Crippen LogP contribution in [0.4, 0.5) is 0 Å². The van der Waals surface area contributed by atoms with E-state index in [0.29, 0.717) is 0 Å². The Morgan fingerprint density at radius 2 is 0.868 bits per heavy atom. The summed E-state index contributed by atoms with van der Waals surface area (Å²) in [7, 11) is 0. The fourth-order valence-corrected chi connectivity index (χ4v) is 5.90. The summed E-state index contributed by atoms with van der Waals surface area (Å²) in [5.41, 5.74) is 9.17. The van der Waals surface area contributed by atoms with Crippen molar-refractivity contribution in [3.8, 4) is 33.6 Å². The van der Waals surface area contributed by atoms with Gasteiger partial charge in [0.05, 0.1) is 34.6 Å². The number of hydrogen-bond donors (Lipinski definition) is 0. The molecule has 0 aliphatic rings. The van der Waals surface area contributed by atoms with Crippen molar-refractivity contribution in [2.75, 3.05) is 0 Å². The third-order valence-corrected chi connectivity index (χ3v) is 7.39. The zero-order valence-electron chi connectivity index (χ0n) is 25.4. The zero-order chi connectivity index (χ0) is 29.4. The van der Waals surface area contributed by atoms with Crippen LogP contribution in [0.5, 0.6) is 0 Å². The van der Waals surface area contributed by atoms with E-state index in [4.69, 9.17) is 6.85 Å². The average molecular weight is 490 g/mol. The lowest BCUT2D eigenvalue weighted by molar-refractivity contribution is 1.16. The first-order valence-corrected chi connectivity index (χ1v) is 12.6. The third kappa shape index (κ3) is 2.95. The molecule has 0 saturated heterocycles. The van der Waals surface area contributed by atoms with Crippen LogP contribution in [0.1, 0.15) is 6.85 Å². The molecule has 0 bridgehead atoms. The smallest absolute Gasteiger partial charge is 0.0645 e. The van der Waals surface area contributed by atoms with Crippen molar-refractivity contribution < 1.29 is 6.85 Å². The summed E-state index contributed by atoms with van der Waals surface area (Å²) in [6.45, 7) is 0. The molecule has 0 aliphatic heterocycles. The molecule has 2 nitrogen and oxygen atoms in total. The van der Waals surface area contributed by atoms with Crippen LogP contribution < -0.4 is 0 Å². The van der Waals surface area contributed by atoms with E-state index in [2.05, 4.69) is 83.4 Å². The van der Waals surface area contributed by atoms with E-state index in [-0.39, 0.29) is 29.9 Å². The van der Waals surface area contributed by atoms with E-state index < -0.39 is 6.04 Å². The van der Waals surface area contributed by atoms with Gasteiger partial charge in [-0.25, -0.2) is 0 Å². The molecule has 2 heterocycles. The van der Waals surface area contributed by atoms with Gasteiger partial charge < -0.3 is 9.13 Å². The predicted octanol–water partition coefficient (Wildman–Crippen LogP) is 9.50. The van der Waals surface area contributed by atoms with Gasteiger partial charge in [0.1, 0.15) is 0 Å². The van der Waals surface area contributed by atoms with Gasteiger partial charge in [-0.1, -0.05) is 109 Å². The Morgan fingerprint density at radius 3 is 1.37 bits per heavy atom. The number of para-hydroxylation sites is 2. The monoisotopic (exact) mass is 489 g/mol. The lowest BCUT2D eigenvalue weighted by Crippen LogP contribution is -2.02. The van der Waals surface area contributed by atoms with E-state index in [9.17, 15) is 0 Å². The lowest BCUT2D eigenvalue weighted by Gasteiger charge is -2.20. The largest absolute Gasteiger partial charge is 0.309 e. The SMILES string of the molecule is [2H]c1c([2H])c([2H])c(-n2c3cccc4c3c3c(cccc32)n4-c2c(-c3ccccc3)cccc2-c2ccccc2)c([2H])c1[2H]. The van der Waals surface area contributed by atoms with Crippen LogP contribution >= 0.6 is 0 Å². The van der Waals surface area contributed by atoms with Gasteiger partial charge in [-0.3, -0.25) is 0 Å². The number of nitrogens with zero attached hydrogens (tertiary/aromatic N) is 2. The zero-order valence-corrected chi connectivity index (χ0v) is 20.4. The van der Waals surface area contributed by atoms with Crippen molar-refractivity contribution in [1.82, 2.24) is 9.13 Å². The Kier molecular flexibility index (Phi) is 3.60. The van der Waals surface area contributed by atoms with Gasteiger partial charge >= 0.3 is 0 Å². The molecule has 8 aromatic rings. The maximum Gasteiger partial charge on any atom is 0.0645 e. The molecule has 0 N–H and O–H groups in total. The molecule has 0 unspecified atom stereocenters. The van der Waals surface area contributed by atoms with Gasteiger partial charge in [0, 0.05) is 27.6 Å². The van der Waals surface area contributed by atoms with Gasteiger partial charge in [0.15, 0.2) is 0 Å². The molecule has 0 spiro atoms. The summed E-state index contributed by atoms with van der Waals surface area (Å²) in [5.74, 6) is 0. The maximum absolute atomic E-state index is 8.75. The van der Waals surface area contributed by atoms with Gasteiger partial charge in [-0.05, 0) is 47.5 Å². The Bertz CT molecular complexity index is 2180. The van der Waals surface area contributed by atoms with E-state index in [1.54, 1.807) is 0 Å². The topological polar surface area (TPSA) is 9.86 Å². The summed E-state index contributed by atoms with van der Waals surface area (Å²) in [5, 5.41) is 1.98. The Balaban J connectivity index is 1.54. The highest BCUT2D eigenvalue weighted by Gasteiger charge is 2.24. The highest BCUT2D eigenvalue weighted by molar-refractivity contribution is 6.25. The minimum atomic E-state index is -0.398. The third-order valence-electron chi connectivity index (χ3n) is 7.39. The molecule has 38 heavy (non-hydrogen) atoms. The second-order valence-corrected chi connectivity index (χ2v) is 9.42. The molecule has 2 aromatic heterocycles. The fraction of sp³-hybridized carbons (Fsp3) is 0. The molecule has 6 aromatic carbocycles. The second-order valence-electron chi connectivity index (χ2n) is 9.42. The molecule has 0 radical (unpaired) electrons. The predicted molar refractivity (Wildman–Crippen MR) is 160 cm³/mol. The van der Waals surface area contributed by atoms with Crippen molar-refractivity contribution in [2.24, 2.45) is 0 Å². The Hall–Kier alpha value is -5.08. The van der Waals surface area contributed by atoms with Crippen molar-refractivity contribution >= 4 is 32.8 Å². The van der Waals surface area contributed by atoms with Crippen LogP contribution in [0.25, 0.3) is 66.5 Å². The maximum atomic E-state index is 8.75. The molecule has 2 heteroatoms. The summed E-state index contributed by atoms with van der Waals surface area (Å²) in [6, 6.07) is 37.8. The quantitative estimate of drug-likeness (QED) is 0.233. The molecule has 178 valence electrons. The first kappa shape index (κ1) is 16.6. The summed E-state index contributed by atoms with van der Waals surface area (Å²) in [6.07, 6.45) is 0. The van der Waals surface area contributed by atoms with Gasteiger partial charge in [-0.15, -0.1) is 0 Å². The normalized spacial score (nSPS) is 13.5. The van der Waals surface area contributed by atoms with Crippen molar-refractivity contribution in [2.45, 2.75) is 0 Å². The Morgan fingerprint density at radius 1 is 0.421 bits per heavy atom. The van der Waals surface area contributed by atoms with Gasteiger partial charge in [-0.2, -0.15) is 0 Å². The fourth-order valence-electron chi connectivity index (χ4n) is 5.90. The summed E-state index contributed by atoms with van der Waals surface area (Å²) in [4.78, 5) is 0. The van der Waals surface area contributed by atoms with Crippen LogP contribution in [0.15, 0.2) is 145 Å². The first-order chi connectivity index (χ1) is 21.0. The standard InChI is InChI=1S/C36H24N2/c1-4-13-25(14-5-1)28-19-10-20-29(26-15-6-2-7-16-26)36(28)38-32-23-11-21-30-34(32)35-31(22-12-24-33(35)38)37(30)27-17-8-3-9-18-27/h1-24H/i3D,8D,9D,17D,18D. The molecular formula is C36H24N2. The average Bonchev–Trinajstić information content (AvgIpc) is 3.58. The van der Waals surface area contributed by atoms with Gasteiger partial charge in [0.2, 0.25) is 0 Å². The molecule has 0 fully saturated rings. The van der Waals surface area contributed by atoms with Crippen LogP contribution in [-0.2, 0) is 0 Å². The van der Waals surface area contributed by atoms with Gasteiger partial charge in [0.25, 0.3) is 0 Å². The minimum Gasteiger partial charge on any atom is -0.309 e. The number of aromatic nitrogens is 2. The van der Waals surface area contributed by atoms with Crippen LogP contribution in [0.2, 0.25) is 0 Å². The summed E-state index contributed by atoms with van der Waals surface area (Å²) < 4.78 is 46.4. The molecule has 0 amide bonds. The highest BCUT2D eigenvalue weighted by atomic mass is 15.0. The first-order valence-electron chi connectivity index (χ1n) is 15.1. The van der Waals surface area contributed by atoms with Crippen molar-refractivity contribution in [3.05, 3.63) is 145 Å². The molecule has 0 saturated carbocycles. The van der Waals surface area contributed by atoms with Crippen LogP contribution in [0.3, 0.4) is 0 Å². The van der Waals surface area contributed by atoms with Crippen LogP contribution in [0, 0.1) is 0 Å². The number of rotatable bonds is 4.